The maximum absolute atomic E-state index is 12.7. The van der Waals surface area contributed by atoms with Gasteiger partial charge in [0.15, 0.2) is 0 Å². The molecule has 0 saturated carbocycles. The van der Waals surface area contributed by atoms with E-state index >= 15 is 0 Å². The number of Topliss-reactive ketones (excluding diaryl/α,β-unsaturated/α-hetero) is 1. The molecular formula is C13H14FNO4. The van der Waals surface area contributed by atoms with Gasteiger partial charge in [-0.2, -0.15) is 0 Å². The molecule has 0 bridgehead atoms. The molecule has 6 heteroatoms. The summed E-state index contributed by atoms with van der Waals surface area (Å²) >= 11 is 0. The fraction of sp³-hybridized carbons (Fsp3) is 0.308. The van der Waals surface area contributed by atoms with Crippen LogP contribution in [0.2, 0.25) is 0 Å². The molecular weight excluding hydrogens is 253 g/mol. The van der Waals surface area contributed by atoms with Crippen LogP contribution in [0.3, 0.4) is 0 Å². The number of carboxylic acid groups (broad SMARTS) is 1. The summed E-state index contributed by atoms with van der Waals surface area (Å²) in [4.78, 5) is 33.3. The highest BCUT2D eigenvalue weighted by molar-refractivity contribution is 5.89. The molecule has 1 atom stereocenters. The Morgan fingerprint density at radius 2 is 1.84 bits per heavy atom. The molecule has 1 aromatic carbocycles. The Morgan fingerprint density at radius 1 is 1.26 bits per heavy atom. The summed E-state index contributed by atoms with van der Waals surface area (Å²) in [5, 5.41) is 11.0. The lowest BCUT2D eigenvalue weighted by atomic mass is 10.0. The fourth-order valence-electron chi connectivity index (χ4n) is 1.58. The van der Waals surface area contributed by atoms with Crippen LogP contribution >= 0.6 is 0 Å². The van der Waals surface area contributed by atoms with E-state index in [1.54, 1.807) is 0 Å². The predicted octanol–water partition coefficient (Wildman–Crippen LogP) is 0.917. The molecule has 1 aromatic rings. The minimum absolute atomic E-state index is 0.00362. The number of nitrogens with one attached hydrogen (secondary N) is 1. The number of carboxylic acids is 1. The lowest BCUT2D eigenvalue weighted by molar-refractivity contribution is -0.143. The van der Waals surface area contributed by atoms with E-state index in [1.807, 2.05) is 0 Å². The average Bonchev–Trinajstić information content (AvgIpc) is 2.30. The van der Waals surface area contributed by atoms with Gasteiger partial charge in [-0.1, -0.05) is 12.1 Å². The van der Waals surface area contributed by atoms with Crippen LogP contribution in [0.1, 0.15) is 18.9 Å². The second kappa shape index (κ2) is 6.63. The van der Waals surface area contributed by atoms with Crippen molar-refractivity contribution < 1.29 is 23.9 Å². The molecule has 19 heavy (non-hydrogen) atoms. The number of ketones is 1. The van der Waals surface area contributed by atoms with Crippen molar-refractivity contribution >= 4 is 17.7 Å². The summed E-state index contributed by atoms with van der Waals surface area (Å²) in [7, 11) is 0. The molecule has 0 aliphatic carbocycles. The van der Waals surface area contributed by atoms with Crippen molar-refractivity contribution in [3.63, 3.8) is 0 Å². The molecule has 5 nitrogen and oxygen atoms in total. The Balaban J connectivity index is 2.59. The first kappa shape index (κ1) is 14.8. The Morgan fingerprint density at radius 3 is 2.32 bits per heavy atom. The summed E-state index contributed by atoms with van der Waals surface area (Å²) in [6.07, 6.45) is -0.296. The molecule has 0 saturated heterocycles. The van der Waals surface area contributed by atoms with E-state index in [2.05, 4.69) is 5.32 Å². The van der Waals surface area contributed by atoms with Crippen LogP contribution < -0.4 is 5.32 Å². The normalized spacial score (nSPS) is 11.7. The van der Waals surface area contributed by atoms with Crippen LogP contribution in [-0.4, -0.2) is 28.8 Å². The van der Waals surface area contributed by atoms with Gasteiger partial charge >= 0.3 is 5.97 Å². The number of hydrogen-bond acceptors (Lipinski definition) is 3. The van der Waals surface area contributed by atoms with Crippen LogP contribution in [0, 0.1) is 5.82 Å². The van der Waals surface area contributed by atoms with Crippen LogP contribution in [0.5, 0.6) is 0 Å². The van der Waals surface area contributed by atoms with Gasteiger partial charge in [0.25, 0.3) is 0 Å². The smallest absolute Gasteiger partial charge is 0.326 e. The van der Waals surface area contributed by atoms with Crippen molar-refractivity contribution in [2.24, 2.45) is 0 Å². The minimum atomic E-state index is -1.26. The molecule has 102 valence electrons. The summed E-state index contributed by atoms with van der Waals surface area (Å²) in [6.45, 7) is 1.18. The van der Waals surface area contributed by atoms with Crippen LogP contribution in [-0.2, 0) is 20.8 Å². The first-order valence-corrected chi connectivity index (χ1v) is 5.64. The first-order chi connectivity index (χ1) is 8.88. The van der Waals surface area contributed by atoms with Gasteiger partial charge in [0.05, 0.1) is 0 Å². The second-order valence-corrected chi connectivity index (χ2v) is 4.14. The SMILES string of the molecule is CC(=O)NC(CC(=O)Cc1ccc(F)cc1)C(=O)O. The van der Waals surface area contributed by atoms with Gasteiger partial charge in [-0.25, -0.2) is 9.18 Å². The van der Waals surface area contributed by atoms with Gasteiger partial charge in [0, 0.05) is 19.8 Å². The maximum atomic E-state index is 12.7. The quantitative estimate of drug-likeness (QED) is 0.802. The van der Waals surface area contributed by atoms with E-state index in [9.17, 15) is 18.8 Å². The monoisotopic (exact) mass is 267 g/mol. The summed E-state index contributed by atoms with van der Waals surface area (Å²) < 4.78 is 12.7. The zero-order valence-electron chi connectivity index (χ0n) is 10.4. The number of carbonyl (C=O) groups excluding carboxylic acids is 2. The summed E-state index contributed by atoms with van der Waals surface area (Å²) in [5.74, 6) is -2.52. The standard InChI is InChI=1S/C13H14FNO4/c1-8(16)15-12(13(18)19)7-11(17)6-9-2-4-10(14)5-3-9/h2-5,12H,6-7H2,1H3,(H,15,16)(H,18,19). The third-order valence-corrected chi connectivity index (χ3v) is 2.42. The predicted molar refractivity (Wildman–Crippen MR) is 65.0 cm³/mol. The fourth-order valence-corrected chi connectivity index (χ4v) is 1.58. The summed E-state index contributed by atoms with van der Waals surface area (Å²) in [5.41, 5.74) is 0.596. The molecule has 2 N–H and O–H groups in total. The highest BCUT2D eigenvalue weighted by atomic mass is 19.1. The highest BCUT2D eigenvalue weighted by Crippen LogP contribution is 2.06. The lowest BCUT2D eigenvalue weighted by Gasteiger charge is -2.12. The number of hydrogen-bond donors (Lipinski definition) is 2. The van der Waals surface area contributed by atoms with Crippen LogP contribution in [0.4, 0.5) is 4.39 Å². The Labute approximate surface area is 109 Å². The molecule has 0 radical (unpaired) electrons. The number of halogens is 1. The van der Waals surface area contributed by atoms with E-state index < -0.39 is 23.7 Å². The Bertz CT molecular complexity index is 484. The summed E-state index contributed by atoms with van der Waals surface area (Å²) in [6, 6.07) is 4.14. The molecule has 0 aromatic heterocycles. The number of benzene rings is 1. The molecule has 0 heterocycles. The zero-order valence-corrected chi connectivity index (χ0v) is 10.4. The Kier molecular flexibility index (Phi) is 5.17. The number of aliphatic carboxylic acids is 1. The molecule has 1 rings (SSSR count). The van der Waals surface area contributed by atoms with Crippen molar-refractivity contribution in [3.8, 4) is 0 Å². The highest BCUT2D eigenvalue weighted by Gasteiger charge is 2.21. The van der Waals surface area contributed by atoms with Crippen molar-refractivity contribution in [2.75, 3.05) is 0 Å². The number of amides is 1. The third kappa shape index (κ3) is 5.29. The van der Waals surface area contributed by atoms with Gasteiger partial charge < -0.3 is 10.4 Å². The number of rotatable bonds is 6. The Hall–Kier alpha value is -2.24. The minimum Gasteiger partial charge on any atom is -0.480 e. The van der Waals surface area contributed by atoms with Gasteiger partial charge in [0.2, 0.25) is 5.91 Å². The van der Waals surface area contributed by atoms with E-state index in [4.69, 9.17) is 5.11 Å². The van der Waals surface area contributed by atoms with E-state index in [0.29, 0.717) is 5.56 Å². The first-order valence-electron chi connectivity index (χ1n) is 5.64. The van der Waals surface area contributed by atoms with Gasteiger partial charge in [-0.15, -0.1) is 0 Å². The molecule has 0 aliphatic heterocycles. The van der Waals surface area contributed by atoms with Crippen LogP contribution in [0.25, 0.3) is 0 Å². The second-order valence-electron chi connectivity index (χ2n) is 4.14. The van der Waals surface area contributed by atoms with Gasteiger partial charge in [-0.05, 0) is 17.7 Å². The van der Waals surface area contributed by atoms with Crippen molar-refractivity contribution in [2.45, 2.75) is 25.8 Å². The zero-order chi connectivity index (χ0) is 14.4. The topological polar surface area (TPSA) is 83.5 Å². The van der Waals surface area contributed by atoms with Gasteiger partial charge in [-0.3, -0.25) is 9.59 Å². The van der Waals surface area contributed by atoms with Crippen molar-refractivity contribution in [3.05, 3.63) is 35.6 Å². The lowest BCUT2D eigenvalue weighted by Crippen LogP contribution is -2.41. The molecule has 0 fully saturated rings. The average molecular weight is 267 g/mol. The van der Waals surface area contributed by atoms with Crippen LogP contribution in [0.15, 0.2) is 24.3 Å². The molecule has 0 aliphatic rings. The molecule has 0 spiro atoms. The van der Waals surface area contributed by atoms with Crippen molar-refractivity contribution in [1.82, 2.24) is 5.32 Å². The van der Waals surface area contributed by atoms with E-state index in [0.717, 1.165) is 0 Å². The largest absolute Gasteiger partial charge is 0.480 e. The molecule has 1 unspecified atom stereocenters. The van der Waals surface area contributed by atoms with Crippen molar-refractivity contribution in [1.29, 1.82) is 0 Å². The maximum Gasteiger partial charge on any atom is 0.326 e. The number of carbonyl (C=O) groups is 3. The third-order valence-electron chi connectivity index (χ3n) is 2.42. The molecule has 1 amide bonds. The van der Waals surface area contributed by atoms with Gasteiger partial charge in [0.1, 0.15) is 17.6 Å². The van der Waals surface area contributed by atoms with E-state index in [-0.39, 0.29) is 18.6 Å². The van der Waals surface area contributed by atoms with E-state index in [1.165, 1.54) is 31.2 Å².